The second-order valence-corrected chi connectivity index (χ2v) is 7.22. The predicted molar refractivity (Wildman–Crippen MR) is 118 cm³/mol. The molecule has 1 aromatic rings. The van der Waals surface area contributed by atoms with E-state index in [0.29, 0.717) is 12.2 Å². The van der Waals surface area contributed by atoms with Crippen LogP contribution in [-0.2, 0) is 4.74 Å². The predicted octanol–water partition coefficient (Wildman–Crippen LogP) is 6.02. The van der Waals surface area contributed by atoms with Crippen molar-refractivity contribution >= 4 is 29.0 Å². The lowest BCUT2D eigenvalue weighted by Crippen LogP contribution is -2.36. The Morgan fingerprint density at radius 3 is 1.96 bits per heavy atom. The molecule has 0 atom stereocenters. The molecule has 0 aliphatic heterocycles. The smallest absolute Gasteiger partial charge is 0.338 e. The van der Waals surface area contributed by atoms with Crippen LogP contribution in [0.4, 0.5) is 5.69 Å². The summed E-state index contributed by atoms with van der Waals surface area (Å²) in [5, 5.41) is 4.10. The number of thiocarbonyl (C=S) groups is 1. The molecule has 4 nitrogen and oxygen atoms in total. The van der Waals surface area contributed by atoms with Crippen LogP contribution in [0.2, 0.25) is 0 Å². The Morgan fingerprint density at radius 2 is 1.48 bits per heavy atom. The number of esters is 1. The van der Waals surface area contributed by atoms with Gasteiger partial charge in [-0.2, -0.15) is 0 Å². The van der Waals surface area contributed by atoms with E-state index in [1.807, 2.05) is 19.1 Å². The molecule has 27 heavy (non-hydrogen) atoms. The number of carbonyl (C=O) groups is 1. The first kappa shape index (κ1) is 23.4. The average molecular weight is 393 g/mol. The van der Waals surface area contributed by atoms with Gasteiger partial charge < -0.3 is 15.0 Å². The molecular formula is C22H36N2O2S. The number of anilines is 1. The molecule has 0 fully saturated rings. The minimum atomic E-state index is -0.292. The zero-order valence-corrected chi connectivity index (χ0v) is 18.1. The highest BCUT2D eigenvalue weighted by molar-refractivity contribution is 7.80. The summed E-state index contributed by atoms with van der Waals surface area (Å²) in [5.41, 5.74) is 1.46. The summed E-state index contributed by atoms with van der Waals surface area (Å²) in [5.74, 6) is -0.292. The summed E-state index contributed by atoms with van der Waals surface area (Å²) in [6, 6.07) is 7.31. The van der Waals surface area contributed by atoms with Crippen molar-refractivity contribution in [1.29, 1.82) is 0 Å². The normalized spacial score (nSPS) is 10.5. The van der Waals surface area contributed by atoms with Crippen LogP contribution in [0, 0.1) is 0 Å². The van der Waals surface area contributed by atoms with E-state index in [1.54, 1.807) is 12.1 Å². The summed E-state index contributed by atoms with van der Waals surface area (Å²) < 4.78 is 5.02. The first-order valence-electron chi connectivity index (χ1n) is 10.4. The Hall–Kier alpha value is -1.62. The minimum absolute atomic E-state index is 0.292. The van der Waals surface area contributed by atoms with Gasteiger partial charge in [0.25, 0.3) is 0 Å². The lowest BCUT2D eigenvalue weighted by Gasteiger charge is -2.26. The van der Waals surface area contributed by atoms with Crippen LogP contribution in [0.25, 0.3) is 0 Å². The monoisotopic (exact) mass is 392 g/mol. The zero-order valence-electron chi connectivity index (χ0n) is 17.3. The van der Waals surface area contributed by atoms with Gasteiger partial charge >= 0.3 is 5.97 Å². The van der Waals surface area contributed by atoms with Crippen LogP contribution in [0.1, 0.15) is 82.5 Å². The van der Waals surface area contributed by atoms with E-state index >= 15 is 0 Å². The zero-order chi connectivity index (χ0) is 19.9. The van der Waals surface area contributed by atoms with Crippen molar-refractivity contribution in [2.75, 3.05) is 25.0 Å². The Labute approximate surface area is 170 Å². The summed E-state index contributed by atoms with van der Waals surface area (Å²) in [7, 11) is 0. The van der Waals surface area contributed by atoms with Gasteiger partial charge in [0.1, 0.15) is 0 Å². The van der Waals surface area contributed by atoms with Gasteiger partial charge in [0.2, 0.25) is 0 Å². The first-order valence-corrected chi connectivity index (χ1v) is 10.9. The third-order valence-corrected chi connectivity index (χ3v) is 4.86. The topological polar surface area (TPSA) is 41.6 Å². The molecule has 0 unspecified atom stereocenters. The third kappa shape index (κ3) is 9.76. The molecule has 152 valence electrons. The van der Waals surface area contributed by atoms with Crippen LogP contribution in [0.15, 0.2) is 24.3 Å². The fourth-order valence-electron chi connectivity index (χ4n) is 2.88. The number of unbranched alkanes of at least 4 members (excludes halogenated alkanes) is 6. The summed E-state index contributed by atoms with van der Waals surface area (Å²) in [6.45, 7) is 8.65. The number of ether oxygens (including phenoxy) is 1. The van der Waals surface area contributed by atoms with E-state index in [2.05, 4.69) is 24.1 Å². The quantitative estimate of drug-likeness (QED) is 0.252. The van der Waals surface area contributed by atoms with Gasteiger partial charge in [-0.3, -0.25) is 0 Å². The molecular weight excluding hydrogens is 356 g/mol. The van der Waals surface area contributed by atoms with Crippen LogP contribution in [0.5, 0.6) is 0 Å². The van der Waals surface area contributed by atoms with Gasteiger partial charge in [0.05, 0.1) is 12.2 Å². The van der Waals surface area contributed by atoms with Crippen molar-refractivity contribution < 1.29 is 9.53 Å². The lowest BCUT2D eigenvalue weighted by atomic mass is 10.1. The second kappa shape index (κ2) is 14.4. The van der Waals surface area contributed by atoms with E-state index < -0.39 is 0 Å². The highest BCUT2D eigenvalue weighted by Crippen LogP contribution is 2.13. The maximum absolute atomic E-state index is 11.8. The van der Waals surface area contributed by atoms with Gasteiger partial charge in [0, 0.05) is 18.8 Å². The van der Waals surface area contributed by atoms with Gasteiger partial charge in [-0.1, -0.05) is 52.4 Å². The third-order valence-electron chi connectivity index (χ3n) is 4.50. The van der Waals surface area contributed by atoms with Gasteiger partial charge in [0.15, 0.2) is 5.11 Å². The number of hydrogen-bond acceptors (Lipinski definition) is 3. The Morgan fingerprint density at radius 1 is 0.926 bits per heavy atom. The molecule has 0 saturated heterocycles. The Bertz CT molecular complexity index is 534. The van der Waals surface area contributed by atoms with Crippen molar-refractivity contribution in [3.8, 4) is 0 Å². The molecule has 0 aromatic heterocycles. The molecule has 0 saturated carbocycles. The van der Waals surface area contributed by atoms with E-state index in [0.717, 1.165) is 23.9 Å². The van der Waals surface area contributed by atoms with Crippen LogP contribution in [-0.4, -0.2) is 35.7 Å². The molecule has 1 rings (SSSR count). The van der Waals surface area contributed by atoms with Gasteiger partial charge in [-0.25, -0.2) is 4.79 Å². The molecule has 0 aliphatic rings. The molecule has 5 heteroatoms. The minimum Gasteiger partial charge on any atom is -0.462 e. The molecule has 0 heterocycles. The number of benzene rings is 1. The number of hydrogen-bond donors (Lipinski definition) is 1. The number of carbonyl (C=O) groups excluding carboxylic acids is 1. The summed E-state index contributed by atoms with van der Waals surface area (Å²) in [6.07, 6.45) is 9.88. The summed E-state index contributed by atoms with van der Waals surface area (Å²) >= 11 is 5.66. The number of rotatable bonds is 13. The van der Waals surface area contributed by atoms with Crippen molar-refractivity contribution in [3.63, 3.8) is 0 Å². The van der Waals surface area contributed by atoms with E-state index in [9.17, 15) is 4.79 Å². The second-order valence-electron chi connectivity index (χ2n) is 6.84. The van der Waals surface area contributed by atoms with Crippen molar-refractivity contribution in [2.45, 2.75) is 72.1 Å². The Kier molecular flexibility index (Phi) is 12.5. The Balaban J connectivity index is 2.60. The average Bonchev–Trinajstić information content (AvgIpc) is 2.67. The number of nitrogens with zero attached hydrogens (tertiary/aromatic N) is 1. The van der Waals surface area contributed by atoms with E-state index in [-0.39, 0.29) is 5.97 Å². The molecule has 0 radical (unpaired) electrons. The molecule has 0 amide bonds. The van der Waals surface area contributed by atoms with Crippen molar-refractivity contribution in [1.82, 2.24) is 4.90 Å². The van der Waals surface area contributed by atoms with Gasteiger partial charge in [-0.05, 0) is 56.2 Å². The van der Waals surface area contributed by atoms with Crippen LogP contribution < -0.4 is 5.32 Å². The molecule has 1 aromatic carbocycles. The fourth-order valence-corrected chi connectivity index (χ4v) is 3.18. The fraction of sp³-hybridized carbons (Fsp3) is 0.636. The number of nitrogens with one attached hydrogen (secondary N) is 1. The molecule has 0 spiro atoms. The van der Waals surface area contributed by atoms with E-state index in [1.165, 1.54) is 51.4 Å². The highest BCUT2D eigenvalue weighted by Gasteiger charge is 2.11. The van der Waals surface area contributed by atoms with E-state index in [4.69, 9.17) is 17.0 Å². The highest BCUT2D eigenvalue weighted by atomic mass is 32.1. The maximum Gasteiger partial charge on any atom is 0.338 e. The maximum atomic E-state index is 11.8. The first-order chi connectivity index (χ1) is 13.1. The molecule has 0 aliphatic carbocycles. The summed E-state index contributed by atoms with van der Waals surface area (Å²) in [4.78, 5) is 14.0. The van der Waals surface area contributed by atoms with Crippen molar-refractivity contribution in [3.05, 3.63) is 29.8 Å². The molecule has 0 bridgehead atoms. The standard InChI is InChI=1S/C22H36N2O2S/c1-4-7-9-11-17-24(18-12-10-8-5-2)22(27)23-20-15-13-19(14-16-20)21(25)26-6-3/h13-16H,4-12,17-18H2,1-3H3,(H,23,27). The largest absolute Gasteiger partial charge is 0.462 e. The SMILES string of the molecule is CCCCCCN(CCCCCC)C(=S)Nc1ccc(C(=O)OCC)cc1. The van der Waals surface area contributed by atoms with Crippen LogP contribution in [0.3, 0.4) is 0 Å². The van der Waals surface area contributed by atoms with Gasteiger partial charge in [-0.15, -0.1) is 0 Å². The van der Waals surface area contributed by atoms with Crippen molar-refractivity contribution in [2.24, 2.45) is 0 Å². The van der Waals surface area contributed by atoms with Crippen LogP contribution >= 0.6 is 12.2 Å². The molecule has 1 N–H and O–H groups in total. The lowest BCUT2D eigenvalue weighted by molar-refractivity contribution is 0.0526.